The number of carbonyl (C=O) groups is 1. The minimum absolute atomic E-state index is 0.0405. The Bertz CT molecular complexity index is 927. The van der Waals surface area contributed by atoms with Gasteiger partial charge < -0.3 is 10.1 Å². The van der Waals surface area contributed by atoms with Gasteiger partial charge >= 0.3 is 0 Å². The Kier molecular flexibility index (Phi) is 7.66. The molecule has 0 aliphatic carbocycles. The van der Waals surface area contributed by atoms with Crippen LogP contribution in [0.1, 0.15) is 25.1 Å². The molecule has 1 amide bonds. The standard InChI is InChI=1S/C22H23FN2O2S2/c1-3-27-20-10-6-17(7-11-20)22-25-19(14-29-22)13-28-15(2)21(26)24-12-16-4-8-18(23)9-5-16/h4-11,14-15H,3,12-13H2,1-2H3,(H,24,26)/t15-/m0/s1. The molecule has 1 aromatic heterocycles. The molecule has 0 saturated carbocycles. The highest BCUT2D eigenvalue weighted by Crippen LogP contribution is 2.28. The van der Waals surface area contributed by atoms with Crippen molar-refractivity contribution in [1.29, 1.82) is 0 Å². The summed E-state index contributed by atoms with van der Waals surface area (Å²) >= 11 is 3.14. The second-order valence-corrected chi connectivity index (χ2v) is 8.59. The maximum absolute atomic E-state index is 12.9. The maximum Gasteiger partial charge on any atom is 0.233 e. The van der Waals surface area contributed by atoms with E-state index in [1.54, 1.807) is 35.2 Å². The molecule has 0 fully saturated rings. The molecule has 0 unspecified atom stereocenters. The number of hydrogen-bond acceptors (Lipinski definition) is 5. The van der Waals surface area contributed by atoms with E-state index in [9.17, 15) is 9.18 Å². The SMILES string of the molecule is CCOc1ccc(-c2nc(CS[C@@H](C)C(=O)NCc3ccc(F)cc3)cs2)cc1. The number of thioether (sulfide) groups is 1. The van der Waals surface area contributed by atoms with Gasteiger partial charge in [0, 0.05) is 23.2 Å². The molecule has 0 saturated heterocycles. The summed E-state index contributed by atoms with van der Waals surface area (Å²) in [6, 6.07) is 14.0. The number of amides is 1. The molecule has 29 heavy (non-hydrogen) atoms. The van der Waals surface area contributed by atoms with Gasteiger partial charge in [0.05, 0.1) is 17.6 Å². The molecule has 3 aromatic rings. The van der Waals surface area contributed by atoms with Crippen molar-refractivity contribution >= 4 is 29.0 Å². The number of aromatic nitrogens is 1. The number of thiazole rings is 1. The summed E-state index contributed by atoms with van der Waals surface area (Å²) in [7, 11) is 0. The molecule has 0 aliphatic rings. The Balaban J connectivity index is 1.48. The number of nitrogens with zero attached hydrogens (tertiary/aromatic N) is 1. The topological polar surface area (TPSA) is 51.2 Å². The lowest BCUT2D eigenvalue weighted by molar-refractivity contribution is -0.120. The third-order valence-corrected chi connectivity index (χ3v) is 6.31. The zero-order chi connectivity index (χ0) is 20.6. The molecule has 0 bridgehead atoms. The first kappa shape index (κ1) is 21.3. The molecule has 152 valence electrons. The van der Waals surface area contributed by atoms with Crippen LogP contribution in [0.15, 0.2) is 53.9 Å². The van der Waals surface area contributed by atoms with Crippen molar-refractivity contribution in [2.75, 3.05) is 6.61 Å². The molecule has 0 spiro atoms. The Morgan fingerprint density at radius 3 is 2.62 bits per heavy atom. The minimum atomic E-state index is -0.281. The van der Waals surface area contributed by atoms with Crippen LogP contribution in [0.5, 0.6) is 5.75 Å². The van der Waals surface area contributed by atoms with Crippen molar-refractivity contribution in [1.82, 2.24) is 10.3 Å². The molecule has 3 rings (SSSR count). The van der Waals surface area contributed by atoms with E-state index in [0.29, 0.717) is 18.9 Å². The summed E-state index contributed by atoms with van der Waals surface area (Å²) < 4.78 is 18.4. The van der Waals surface area contributed by atoms with Gasteiger partial charge in [0.1, 0.15) is 16.6 Å². The van der Waals surface area contributed by atoms with Gasteiger partial charge in [-0.2, -0.15) is 0 Å². The lowest BCUT2D eigenvalue weighted by Crippen LogP contribution is -2.30. The molecule has 1 N–H and O–H groups in total. The normalized spacial score (nSPS) is 11.8. The van der Waals surface area contributed by atoms with E-state index in [1.165, 1.54) is 12.1 Å². The third-order valence-electron chi connectivity index (χ3n) is 4.19. The summed E-state index contributed by atoms with van der Waals surface area (Å²) in [5.41, 5.74) is 2.89. The first-order valence-corrected chi connectivity index (χ1v) is 11.3. The molecular formula is C22H23FN2O2S2. The summed E-state index contributed by atoms with van der Waals surface area (Å²) in [5, 5.41) is 5.67. The average molecular weight is 431 g/mol. The van der Waals surface area contributed by atoms with E-state index >= 15 is 0 Å². The number of halogens is 1. The zero-order valence-corrected chi connectivity index (χ0v) is 18.0. The predicted octanol–water partition coefficient (Wildman–Crippen LogP) is 5.29. The fourth-order valence-electron chi connectivity index (χ4n) is 2.59. The fraction of sp³-hybridized carbons (Fsp3) is 0.273. The van der Waals surface area contributed by atoms with Crippen molar-refractivity contribution in [3.05, 3.63) is 71.0 Å². The van der Waals surface area contributed by atoms with E-state index in [1.807, 2.05) is 43.5 Å². The van der Waals surface area contributed by atoms with Gasteiger partial charge in [0.15, 0.2) is 0 Å². The highest BCUT2D eigenvalue weighted by Gasteiger charge is 2.14. The first-order chi connectivity index (χ1) is 14.0. The number of carbonyl (C=O) groups excluding carboxylic acids is 1. The molecule has 1 heterocycles. The van der Waals surface area contributed by atoms with Crippen LogP contribution >= 0.6 is 23.1 Å². The van der Waals surface area contributed by atoms with Crippen LogP contribution in [-0.4, -0.2) is 22.7 Å². The van der Waals surface area contributed by atoms with Gasteiger partial charge in [-0.15, -0.1) is 23.1 Å². The Morgan fingerprint density at radius 1 is 1.21 bits per heavy atom. The quantitative estimate of drug-likeness (QED) is 0.501. The van der Waals surface area contributed by atoms with Crippen LogP contribution in [0.4, 0.5) is 4.39 Å². The maximum atomic E-state index is 12.9. The Morgan fingerprint density at radius 2 is 1.93 bits per heavy atom. The van der Waals surface area contributed by atoms with Crippen LogP contribution in [0.25, 0.3) is 10.6 Å². The van der Waals surface area contributed by atoms with Gasteiger partial charge in [-0.3, -0.25) is 4.79 Å². The highest BCUT2D eigenvalue weighted by atomic mass is 32.2. The highest BCUT2D eigenvalue weighted by molar-refractivity contribution is 7.99. The van der Waals surface area contributed by atoms with E-state index in [2.05, 4.69) is 10.3 Å². The fourth-order valence-corrected chi connectivity index (χ4v) is 4.32. The van der Waals surface area contributed by atoms with E-state index in [0.717, 1.165) is 27.6 Å². The number of rotatable bonds is 9. The summed E-state index contributed by atoms with van der Waals surface area (Å²) in [5.74, 6) is 1.20. The number of hydrogen-bond donors (Lipinski definition) is 1. The predicted molar refractivity (Wildman–Crippen MR) is 118 cm³/mol. The molecule has 1 atom stereocenters. The Labute approximate surface area is 178 Å². The summed E-state index contributed by atoms with van der Waals surface area (Å²) in [6.07, 6.45) is 0. The molecule has 4 nitrogen and oxygen atoms in total. The summed E-state index contributed by atoms with van der Waals surface area (Å²) in [6.45, 7) is 4.88. The van der Waals surface area contributed by atoms with Crippen molar-refractivity contribution < 1.29 is 13.9 Å². The Hall–Kier alpha value is -2.38. The van der Waals surface area contributed by atoms with Crippen LogP contribution < -0.4 is 10.1 Å². The van der Waals surface area contributed by atoms with Crippen LogP contribution in [0, 0.1) is 5.82 Å². The molecule has 0 aliphatic heterocycles. The second-order valence-electron chi connectivity index (χ2n) is 6.40. The van der Waals surface area contributed by atoms with Crippen molar-refractivity contribution in [2.24, 2.45) is 0 Å². The van der Waals surface area contributed by atoms with E-state index in [-0.39, 0.29) is 17.0 Å². The molecule has 2 aromatic carbocycles. The minimum Gasteiger partial charge on any atom is -0.494 e. The zero-order valence-electron chi connectivity index (χ0n) is 16.4. The van der Waals surface area contributed by atoms with Crippen LogP contribution in [0.2, 0.25) is 0 Å². The lowest BCUT2D eigenvalue weighted by atomic mass is 10.2. The van der Waals surface area contributed by atoms with Gasteiger partial charge in [0.25, 0.3) is 0 Å². The summed E-state index contributed by atoms with van der Waals surface area (Å²) in [4.78, 5) is 17.0. The second kappa shape index (κ2) is 10.4. The molecular weight excluding hydrogens is 407 g/mol. The first-order valence-electron chi connectivity index (χ1n) is 9.36. The third kappa shape index (κ3) is 6.30. The van der Waals surface area contributed by atoms with Crippen LogP contribution in [0.3, 0.4) is 0 Å². The molecule has 7 heteroatoms. The monoisotopic (exact) mass is 430 g/mol. The van der Waals surface area contributed by atoms with Crippen molar-refractivity contribution in [2.45, 2.75) is 31.4 Å². The average Bonchev–Trinajstić information content (AvgIpc) is 3.21. The lowest BCUT2D eigenvalue weighted by Gasteiger charge is -2.11. The smallest absolute Gasteiger partial charge is 0.233 e. The van der Waals surface area contributed by atoms with Gasteiger partial charge in [0.2, 0.25) is 5.91 Å². The van der Waals surface area contributed by atoms with Crippen molar-refractivity contribution in [3.63, 3.8) is 0 Å². The number of benzene rings is 2. The van der Waals surface area contributed by atoms with Gasteiger partial charge in [-0.05, 0) is 55.8 Å². The largest absolute Gasteiger partial charge is 0.494 e. The van der Waals surface area contributed by atoms with Gasteiger partial charge in [-0.25, -0.2) is 9.37 Å². The van der Waals surface area contributed by atoms with Crippen LogP contribution in [-0.2, 0) is 17.1 Å². The molecule has 0 radical (unpaired) electrons. The van der Waals surface area contributed by atoms with Crippen molar-refractivity contribution in [3.8, 4) is 16.3 Å². The van der Waals surface area contributed by atoms with E-state index < -0.39 is 0 Å². The van der Waals surface area contributed by atoms with E-state index in [4.69, 9.17) is 4.74 Å². The van der Waals surface area contributed by atoms with Gasteiger partial charge in [-0.1, -0.05) is 12.1 Å². The number of ether oxygens (including phenoxy) is 1. The number of nitrogens with one attached hydrogen (secondary N) is 1.